The van der Waals surface area contributed by atoms with Gasteiger partial charge >= 0.3 is 0 Å². The minimum atomic E-state index is -1.52. The maximum Gasteiger partial charge on any atom is 0.187 e. The van der Waals surface area contributed by atoms with E-state index in [4.69, 9.17) is 0 Å². The number of aromatic hydroxyl groups is 3. The van der Waals surface area contributed by atoms with E-state index in [1.165, 1.54) is 0 Å². The van der Waals surface area contributed by atoms with Crippen LogP contribution in [0, 0.1) is 34.9 Å². The summed E-state index contributed by atoms with van der Waals surface area (Å²) in [5.74, 6) is -14.0. The molecule has 0 unspecified atom stereocenters. The van der Waals surface area contributed by atoms with Crippen molar-refractivity contribution >= 4 is 0 Å². The monoisotopic (exact) mass is 400 g/mol. The van der Waals surface area contributed by atoms with Gasteiger partial charge in [-0.3, -0.25) is 0 Å². The number of hydrogen-bond acceptors (Lipinski definition) is 3. The van der Waals surface area contributed by atoms with Crippen molar-refractivity contribution in [1.82, 2.24) is 0 Å². The Labute approximate surface area is 153 Å². The lowest BCUT2D eigenvalue weighted by molar-refractivity contribution is 0.392. The van der Waals surface area contributed by atoms with Crippen LogP contribution in [0.25, 0.3) is 0 Å². The number of rotatable bonds is 3. The molecule has 0 aromatic heterocycles. The van der Waals surface area contributed by atoms with E-state index in [0.717, 1.165) is 0 Å². The summed E-state index contributed by atoms with van der Waals surface area (Å²) in [5, 5.41) is 27.7. The van der Waals surface area contributed by atoms with Gasteiger partial charge in [0, 0.05) is 5.92 Å². The van der Waals surface area contributed by atoms with Gasteiger partial charge in [-0.2, -0.15) is 0 Å². The van der Waals surface area contributed by atoms with E-state index in [-0.39, 0.29) is 16.7 Å². The first-order chi connectivity index (χ1) is 13.1. The predicted octanol–water partition coefficient (Wildman–Crippen LogP) is 4.82. The third-order valence-electron chi connectivity index (χ3n) is 4.12. The van der Waals surface area contributed by atoms with Crippen molar-refractivity contribution in [2.75, 3.05) is 0 Å². The fourth-order valence-corrected chi connectivity index (χ4v) is 2.83. The maximum absolute atomic E-state index is 13.8. The molecule has 0 heterocycles. The van der Waals surface area contributed by atoms with Crippen LogP contribution in [0.1, 0.15) is 22.6 Å². The van der Waals surface area contributed by atoms with Gasteiger partial charge in [0.2, 0.25) is 0 Å². The van der Waals surface area contributed by atoms with Crippen LogP contribution in [0.15, 0.2) is 36.4 Å². The third-order valence-corrected chi connectivity index (χ3v) is 4.12. The molecule has 9 heteroatoms. The van der Waals surface area contributed by atoms with Crippen LogP contribution in [0.5, 0.6) is 17.2 Å². The molecule has 3 N–H and O–H groups in total. The zero-order valence-electron chi connectivity index (χ0n) is 13.7. The van der Waals surface area contributed by atoms with E-state index in [0.29, 0.717) is 36.4 Å². The Morgan fingerprint density at radius 2 is 0.607 bits per heavy atom. The number of halogens is 6. The summed E-state index contributed by atoms with van der Waals surface area (Å²) in [5.41, 5.74) is -1.04. The average Bonchev–Trinajstić information content (AvgIpc) is 2.62. The van der Waals surface area contributed by atoms with E-state index in [9.17, 15) is 41.7 Å². The van der Waals surface area contributed by atoms with Crippen LogP contribution >= 0.6 is 0 Å². The Morgan fingerprint density at radius 3 is 0.786 bits per heavy atom. The largest absolute Gasteiger partial charge is 0.503 e. The third kappa shape index (κ3) is 3.30. The van der Waals surface area contributed by atoms with E-state index >= 15 is 0 Å². The summed E-state index contributed by atoms with van der Waals surface area (Å²) < 4.78 is 82.9. The Hall–Kier alpha value is -3.36. The molecule has 0 saturated carbocycles. The molecule has 3 aromatic carbocycles. The molecule has 3 aromatic rings. The summed E-state index contributed by atoms with van der Waals surface area (Å²) in [6.07, 6.45) is 0. The molecule has 28 heavy (non-hydrogen) atoms. The second kappa shape index (κ2) is 6.99. The van der Waals surface area contributed by atoms with Crippen molar-refractivity contribution in [3.63, 3.8) is 0 Å². The van der Waals surface area contributed by atoms with Gasteiger partial charge in [-0.15, -0.1) is 0 Å². The van der Waals surface area contributed by atoms with Gasteiger partial charge in [-0.1, -0.05) is 0 Å². The molecule has 0 aliphatic rings. The van der Waals surface area contributed by atoms with E-state index in [1.54, 1.807) is 0 Å². The molecule has 0 spiro atoms. The highest BCUT2D eigenvalue weighted by atomic mass is 19.2. The summed E-state index contributed by atoms with van der Waals surface area (Å²) in [6.45, 7) is 0. The minimum absolute atomic E-state index is 0.346. The molecular formula is C19H10F6O3. The van der Waals surface area contributed by atoms with Crippen LogP contribution in [0.3, 0.4) is 0 Å². The average molecular weight is 400 g/mol. The molecule has 3 rings (SSSR count). The molecule has 0 amide bonds. The lowest BCUT2D eigenvalue weighted by atomic mass is 9.84. The van der Waals surface area contributed by atoms with Crippen molar-refractivity contribution in [2.24, 2.45) is 0 Å². The minimum Gasteiger partial charge on any atom is -0.503 e. The van der Waals surface area contributed by atoms with Gasteiger partial charge in [0.15, 0.2) is 52.2 Å². The molecule has 146 valence electrons. The standard InChI is InChI=1S/C19H10F6O3/c20-10-1-7(2-11(21)17(10)26)16(8-3-12(22)18(27)13(23)4-8)9-5-14(24)19(28)15(25)6-9/h1-6,16,26-28H. The van der Waals surface area contributed by atoms with Gasteiger partial charge in [0.1, 0.15) is 0 Å². The second-order valence-electron chi connectivity index (χ2n) is 5.93. The molecular weight excluding hydrogens is 390 g/mol. The normalized spacial score (nSPS) is 11.2. The molecule has 0 saturated heterocycles. The highest BCUT2D eigenvalue weighted by molar-refractivity contribution is 5.48. The second-order valence-corrected chi connectivity index (χ2v) is 5.93. The first-order valence-corrected chi connectivity index (χ1v) is 7.63. The van der Waals surface area contributed by atoms with Crippen LogP contribution in [0.2, 0.25) is 0 Å². The fourth-order valence-electron chi connectivity index (χ4n) is 2.83. The molecule has 0 fully saturated rings. The fraction of sp³-hybridized carbons (Fsp3) is 0.0526. The van der Waals surface area contributed by atoms with Gasteiger partial charge in [-0.05, 0) is 53.1 Å². The van der Waals surface area contributed by atoms with Crippen LogP contribution < -0.4 is 0 Å². The molecule has 0 radical (unpaired) electrons. The van der Waals surface area contributed by atoms with Gasteiger partial charge in [-0.25, -0.2) is 26.3 Å². The van der Waals surface area contributed by atoms with Crippen molar-refractivity contribution in [3.8, 4) is 17.2 Å². The van der Waals surface area contributed by atoms with Crippen molar-refractivity contribution in [2.45, 2.75) is 5.92 Å². The summed E-state index contributed by atoms with van der Waals surface area (Å²) in [4.78, 5) is 0. The smallest absolute Gasteiger partial charge is 0.187 e. The first kappa shape index (κ1) is 19.4. The zero-order valence-corrected chi connectivity index (χ0v) is 13.7. The molecule has 0 bridgehead atoms. The van der Waals surface area contributed by atoms with Gasteiger partial charge in [0.25, 0.3) is 0 Å². The Bertz CT molecular complexity index is 878. The number of benzene rings is 3. The predicted molar refractivity (Wildman–Crippen MR) is 85.0 cm³/mol. The molecule has 0 atom stereocenters. The lowest BCUT2D eigenvalue weighted by Gasteiger charge is -2.20. The molecule has 0 aliphatic heterocycles. The number of phenolic OH excluding ortho intramolecular Hbond substituents is 3. The quantitative estimate of drug-likeness (QED) is 0.437. The van der Waals surface area contributed by atoms with Crippen molar-refractivity contribution in [3.05, 3.63) is 88.0 Å². The van der Waals surface area contributed by atoms with Crippen LogP contribution in [-0.4, -0.2) is 15.3 Å². The summed E-state index contributed by atoms with van der Waals surface area (Å²) >= 11 is 0. The van der Waals surface area contributed by atoms with E-state index < -0.39 is 58.1 Å². The molecule has 0 aliphatic carbocycles. The maximum atomic E-state index is 13.8. The van der Waals surface area contributed by atoms with Gasteiger partial charge < -0.3 is 15.3 Å². The summed E-state index contributed by atoms with van der Waals surface area (Å²) in [7, 11) is 0. The van der Waals surface area contributed by atoms with Crippen molar-refractivity contribution < 1.29 is 41.7 Å². The number of phenols is 3. The van der Waals surface area contributed by atoms with Gasteiger partial charge in [0.05, 0.1) is 0 Å². The van der Waals surface area contributed by atoms with Crippen LogP contribution in [-0.2, 0) is 0 Å². The highest BCUT2D eigenvalue weighted by Gasteiger charge is 2.25. The zero-order chi connectivity index (χ0) is 20.7. The number of hydrogen-bond donors (Lipinski definition) is 3. The first-order valence-electron chi connectivity index (χ1n) is 7.63. The SMILES string of the molecule is Oc1c(F)cc(C(c2cc(F)c(O)c(F)c2)c2cc(F)c(O)c(F)c2)cc1F. The van der Waals surface area contributed by atoms with E-state index in [1.807, 2.05) is 0 Å². The highest BCUT2D eigenvalue weighted by Crippen LogP contribution is 2.38. The Kier molecular flexibility index (Phi) is 4.84. The molecule has 3 nitrogen and oxygen atoms in total. The van der Waals surface area contributed by atoms with Crippen molar-refractivity contribution in [1.29, 1.82) is 0 Å². The lowest BCUT2D eigenvalue weighted by Crippen LogP contribution is -2.07. The topological polar surface area (TPSA) is 60.7 Å². The Balaban J connectivity index is 2.32. The van der Waals surface area contributed by atoms with Crippen LogP contribution in [0.4, 0.5) is 26.3 Å². The summed E-state index contributed by atoms with van der Waals surface area (Å²) in [6, 6.07) is 3.72. The Morgan fingerprint density at radius 1 is 0.429 bits per heavy atom. The van der Waals surface area contributed by atoms with E-state index in [2.05, 4.69) is 0 Å².